The highest BCUT2D eigenvalue weighted by Crippen LogP contribution is 2.50. The maximum atomic E-state index is 13.9. The van der Waals surface area contributed by atoms with E-state index in [1.807, 2.05) is 0 Å². The number of rotatable bonds is 6. The van der Waals surface area contributed by atoms with Crippen LogP contribution in [0.3, 0.4) is 0 Å². The molecule has 1 saturated heterocycles. The second-order valence-corrected chi connectivity index (χ2v) is 5.47. The number of alkyl halides is 8. The van der Waals surface area contributed by atoms with Gasteiger partial charge in [-0.15, -0.1) is 4.90 Å². The first-order valence-corrected chi connectivity index (χ1v) is 6.66. The Morgan fingerprint density at radius 1 is 1.00 bits per heavy atom. The molecule has 1 heterocycles. The average Bonchev–Trinajstić information content (AvgIpc) is 2.44. The largest absolute Gasteiger partial charge is 0.382 e. The van der Waals surface area contributed by atoms with Gasteiger partial charge in [0.1, 0.15) is 17.3 Å². The molecule has 126 valence electrons. The van der Waals surface area contributed by atoms with E-state index in [-0.39, 0.29) is 0 Å². The van der Waals surface area contributed by atoms with Gasteiger partial charge in [-0.3, -0.25) is 0 Å². The van der Waals surface area contributed by atoms with Crippen LogP contribution in [0, 0.1) is 0 Å². The lowest BCUT2D eigenvalue weighted by Crippen LogP contribution is -2.61. The molecular weight excluding hydrogens is 428 g/mol. The van der Waals surface area contributed by atoms with Gasteiger partial charge in [-0.05, 0) is 0 Å². The number of hydrogen-bond acceptors (Lipinski definition) is 4. The summed E-state index contributed by atoms with van der Waals surface area (Å²) in [5.74, 6) is 0. The van der Waals surface area contributed by atoms with Crippen LogP contribution in [-0.4, -0.2) is 65.8 Å². The van der Waals surface area contributed by atoms with E-state index in [0.29, 0.717) is 0 Å². The van der Waals surface area contributed by atoms with Crippen LogP contribution in [0.2, 0.25) is 0 Å². The van der Waals surface area contributed by atoms with E-state index in [0.717, 1.165) is 36.8 Å². The second-order valence-electron chi connectivity index (χ2n) is 4.19. The first-order valence-electron chi connectivity index (χ1n) is 5.42. The Morgan fingerprint density at radius 2 is 1.38 bits per heavy atom. The Hall–Kier alpha value is 0.0800. The molecule has 0 bridgehead atoms. The van der Waals surface area contributed by atoms with Crippen molar-refractivity contribution in [1.29, 1.82) is 0 Å². The Morgan fingerprint density at radius 3 is 1.76 bits per heavy atom. The van der Waals surface area contributed by atoms with E-state index in [4.69, 9.17) is 0 Å². The lowest BCUT2D eigenvalue weighted by atomic mass is 10.4. The predicted molar refractivity (Wildman–Crippen MR) is 65.0 cm³/mol. The standard InChI is InChI=1S/C9H12F7IN2O2/c1-20-3-7(11,12)18-5(10)6(17)19(9(18,15)16)8(13,14)4-21-2/h5-6H,3-4H2,1-2H3. The van der Waals surface area contributed by atoms with Gasteiger partial charge in [0.25, 0.3) is 0 Å². The van der Waals surface area contributed by atoms with Crippen molar-refractivity contribution in [1.82, 2.24) is 9.80 Å². The van der Waals surface area contributed by atoms with Crippen LogP contribution >= 0.6 is 22.6 Å². The first kappa shape index (κ1) is 19.1. The summed E-state index contributed by atoms with van der Waals surface area (Å²) < 4.78 is 102. The predicted octanol–water partition coefficient (Wildman–Crippen LogP) is 2.69. The molecule has 1 aliphatic heterocycles. The average molecular weight is 440 g/mol. The number of halogens is 8. The van der Waals surface area contributed by atoms with Crippen LogP contribution in [0.5, 0.6) is 0 Å². The summed E-state index contributed by atoms with van der Waals surface area (Å²) in [6.45, 7) is -3.07. The maximum absolute atomic E-state index is 13.9. The summed E-state index contributed by atoms with van der Waals surface area (Å²) in [5, 5.41) is 0. The summed E-state index contributed by atoms with van der Waals surface area (Å²) in [6, 6.07) is -8.81. The van der Waals surface area contributed by atoms with Crippen molar-refractivity contribution in [3.8, 4) is 0 Å². The number of ether oxygens (including phenoxy) is 2. The molecule has 0 aromatic heterocycles. The zero-order chi connectivity index (χ0) is 16.6. The summed E-state index contributed by atoms with van der Waals surface area (Å²) in [7, 11) is 1.60. The Bertz CT molecular complexity index is 342. The van der Waals surface area contributed by atoms with Gasteiger partial charge < -0.3 is 9.47 Å². The minimum absolute atomic E-state index is 0.786. The van der Waals surface area contributed by atoms with Crippen molar-refractivity contribution in [3.05, 3.63) is 0 Å². The normalized spacial score (nSPS) is 28.3. The molecule has 4 nitrogen and oxygen atoms in total. The molecule has 1 fully saturated rings. The smallest absolute Gasteiger partial charge is 0.377 e. The first-order chi connectivity index (χ1) is 9.43. The molecule has 0 N–H and O–H groups in total. The van der Waals surface area contributed by atoms with Crippen LogP contribution in [0.25, 0.3) is 0 Å². The third kappa shape index (κ3) is 3.38. The third-order valence-electron chi connectivity index (χ3n) is 2.64. The van der Waals surface area contributed by atoms with Crippen LogP contribution in [0.4, 0.5) is 30.7 Å². The van der Waals surface area contributed by atoms with Crippen LogP contribution in [0.1, 0.15) is 0 Å². The topological polar surface area (TPSA) is 24.9 Å². The molecule has 21 heavy (non-hydrogen) atoms. The van der Waals surface area contributed by atoms with Gasteiger partial charge in [0, 0.05) is 14.2 Å². The number of nitrogens with zero attached hydrogens (tertiary/aromatic N) is 2. The van der Waals surface area contributed by atoms with E-state index in [2.05, 4.69) is 9.47 Å². The van der Waals surface area contributed by atoms with E-state index in [1.165, 1.54) is 0 Å². The van der Waals surface area contributed by atoms with Gasteiger partial charge in [-0.2, -0.15) is 31.2 Å². The highest BCUT2D eigenvalue weighted by atomic mass is 127. The zero-order valence-electron chi connectivity index (χ0n) is 10.8. The molecule has 0 amide bonds. The summed E-state index contributed by atoms with van der Waals surface area (Å²) in [5.41, 5.74) is 0. The molecule has 1 aliphatic rings. The van der Waals surface area contributed by atoms with Crippen molar-refractivity contribution in [2.75, 3.05) is 27.4 Å². The molecule has 12 heteroatoms. The van der Waals surface area contributed by atoms with Crippen LogP contribution in [0.15, 0.2) is 0 Å². The van der Waals surface area contributed by atoms with Gasteiger partial charge in [-0.1, -0.05) is 22.6 Å². The lowest BCUT2D eigenvalue weighted by Gasteiger charge is -2.36. The monoisotopic (exact) mass is 440 g/mol. The van der Waals surface area contributed by atoms with Crippen molar-refractivity contribution in [3.63, 3.8) is 0 Å². The molecule has 0 aromatic carbocycles. The van der Waals surface area contributed by atoms with Gasteiger partial charge in [0.2, 0.25) is 0 Å². The highest BCUT2D eigenvalue weighted by molar-refractivity contribution is 14.1. The third-order valence-corrected chi connectivity index (χ3v) is 3.79. The van der Waals surface area contributed by atoms with Gasteiger partial charge in [0.15, 0.2) is 6.30 Å². The fraction of sp³-hybridized carbons (Fsp3) is 1.00. The Balaban J connectivity index is 3.22. The molecule has 2 unspecified atom stereocenters. The van der Waals surface area contributed by atoms with Gasteiger partial charge >= 0.3 is 18.3 Å². The molecule has 0 radical (unpaired) electrons. The van der Waals surface area contributed by atoms with Crippen LogP contribution < -0.4 is 0 Å². The van der Waals surface area contributed by atoms with E-state index in [9.17, 15) is 30.7 Å². The van der Waals surface area contributed by atoms with Crippen molar-refractivity contribution in [2.24, 2.45) is 0 Å². The minimum atomic E-state index is -4.94. The van der Waals surface area contributed by atoms with Crippen LogP contribution in [-0.2, 0) is 9.47 Å². The second kappa shape index (κ2) is 6.29. The van der Waals surface area contributed by atoms with Crippen molar-refractivity contribution in [2.45, 2.75) is 28.6 Å². The fourth-order valence-corrected chi connectivity index (χ4v) is 2.96. The van der Waals surface area contributed by atoms with Crippen molar-refractivity contribution < 1.29 is 40.2 Å². The van der Waals surface area contributed by atoms with E-state index in [1.54, 1.807) is 0 Å². The summed E-state index contributed by atoms with van der Waals surface area (Å²) in [4.78, 5) is -2.15. The van der Waals surface area contributed by atoms with Gasteiger partial charge in [-0.25, -0.2) is 4.39 Å². The molecule has 0 saturated carbocycles. The molecule has 2 atom stereocenters. The molecule has 0 aliphatic carbocycles. The molecule has 1 rings (SSSR count). The van der Waals surface area contributed by atoms with Crippen molar-refractivity contribution >= 4 is 22.6 Å². The maximum Gasteiger partial charge on any atom is 0.382 e. The van der Waals surface area contributed by atoms with E-state index < -0.39 is 51.6 Å². The lowest BCUT2D eigenvalue weighted by molar-refractivity contribution is -0.362. The summed E-state index contributed by atoms with van der Waals surface area (Å²) >= 11 is 0.913. The van der Waals surface area contributed by atoms with Gasteiger partial charge in [0.05, 0.1) is 0 Å². The zero-order valence-corrected chi connectivity index (χ0v) is 13.0. The molecule has 0 aromatic rings. The SMILES string of the molecule is COCC(F)(F)N1C(F)C(I)N(C(F)(F)COC)C1(F)F. The van der Waals surface area contributed by atoms with E-state index >= 15 is 0 Å². The number of hydrogen-bond donors (Lipinski definition) is 0. The quantitative estimate of drug-likeness (QED) is 0.275. The summed E-state index contributed by atoms with van der Waals surface area (Å²) in [6.07, 6.45) is -7.97. The minimum Gasteiger partial charge on any atom is -0.377 e. The Labute approximate surface area is 129 Å². The molecular formula is C9H12F7IN2O2. The molecule has 0 spiro atoms. The highest BCUT2D eigenvalue weighted by Gasteiger charge is 2.72. The number of methoxy groups -OCH3 is 2. The fourth-order valence-electron chi connectivity index (χ4n) is 1.90. The Kier molecular flexibility index (Phi) is 5.73.